The summed E-state index contributed by atoms with van der Waals surface area (Å²) in [6.45, 7) is 7.97. The Labute approximate surface area is 78.9 Å². The minimum Gasteiger partial charge on any atom is -0.102 e. The van der Waals surface area contributed by atoms with Gasteiger partial charge < -0.3 is 0 Å². The number of halogens is 1. The van der Waals surface area contributed by atoms with Gasteiger partial charge in [-0.15, -0.1) is 6.58 Å². The number of benzene rings is 1. The van der Waals surface area contributed by atoms with Crippen molar-refractivity contribution >= 4 is 11.6 Å². The van der Waals surface area contributed by atoms with E-state index in [4.69, 9.17) is 11.6 Å². The number of hydrogen-bond acceptors (Lipinski definition) is 0. The minimum atomic E-state index is 0.378. The SMILES string of the molecule is C=CC(C)c1cc(Cl)ccc1C. The van der Waals surface area contributed by atoms with Gasteiger partial charge in [-0.25, -0.2) is 0 Å². The topological polar surface area (TPSA) is 0 Å². The molecule has 0 bridgehead atoms. The van der Waals surface area contributed by atoms with Crippen LogP contribution in [0.3, 0.4) is 0 Å². The lowest BCUT2D eigenvalue weighted by Gasteiger charge is -2.10. The quantitative estimate of drug-likeness (QED) is 0.605. The molecule has 0 saturated heterocycles. The summed E-state index contributed by atoms with van der Waals surface area (Å²) in [5.41, 5.74) is 2.53. The van der Waals surface area contributed by atoms with Gasteiger partial charge in [0.1, 0.15) is 0 Å². The summed E-state index contributed by atoms with van der Waals surface area (Å²) in [6.07, 6.45) is 1.93. The van der Waals surface area contributed by atoms with E-state index >= 15 is 0 Å². The smallest absolute Gasteiger partial charge is 0.0409 e. The maximum absolute atomic E-state index is 5.88. The van der Waals surface area contributed by atoms with Crippen LogP contribution >= 0.6 is 11.6 Å². The summed E-state index contributed by atoms with van der Waals surface area (Å²) in [4.78, 5) is 0. The van der Waals surface area contributed by atoms with Crippen molar-refractivity contribution in [2.75, 3.05) is 0 Å². The van der Waals surface area contributed by atoms with Gasteiger partial charge in [-0.3, -0.25) is 0 Å². The van der Waals surface area contributed by atoms with E-state index in [0.717, 1.165) is 5.02 Å². The monoisotopic (exact) mass is 180 g/mol. The molecule has 0 nitrogen and oxygen atoms in total. The van der Waals surface area contributed by atoms with Crippen molar-refractivity contribution in [2.45, 2.75) is 19.8 Å². The summed E-state index contributed by atoms with van der Waals surface area (Å²) in [5.74, 6) is 0.378. The molecule has 1 aromatic rings. The molecule has 0 aromatic heterocycles. The van der Waals surface area contributed by atoms with Gasteiger partial charge in [0.05, 0.1) is 0 Å². The molecule has 0 fully saturated rings. The maximum Gasteiger partial charge on any atom is 0.0409 e. The van der Waals surface area contributed by atoms with Gasteiger partial charge in [-0.05, 0) is 36.1 Å². The van der Waals surface area contributed by atoms with E-state index in [1.807, 2.05) is 24.3 Å². The van der Waals surface area contributed by atoms with Crippen LogP contribution in [-0.2, 0) is 0 Å². The largest absolute Gasteiger partial charge is 0.102 e. The Morgan fingerprint density at radius 3 is 2.75 bits per heavy atom. The lowest BCUT2D eigenvalue weighted by molar-refractivity contribution is 0.956. The summed E-state index contributed by atoms with van der Waals surface area (Å²) in [6, 6.07) is 5.96. The molecule has 12 heavy (non-hydrogen) atoms. The average molecular weight is 181 g/mol. The van der Waals surface area contributed by atoms with Gasteiger partial charge in [-0.2, -0.15) is 0 Å². The lowest BCUT2D eigenvalue weighted by Crippen LogP contribution is -1.92. The molecule has 0 aliphatic heterocycles. The van der Waals surface area contributed by atoms with Gasteiger partial charge in [0, 0.05) is 5.02 Å². The first-order valence-corrected chi connectivity index (χ1v) is 4.41. The molecule has 0 amide bonds. The van der Waals surface area contributed by atoms with Crippen molar-refractivity contribution in [1.82, 2.24) is 0 Å². The van der Waals surface area contributed by atoms with Crippen LogP contribution in [0.2, 0.25) is 5.02 Å². The standard InChI is InChI=1S/C11H13Cl/c1-4-8(2)11-7-10(12)6-5-9(11)3/h4-8H,1H2,2-3H3. The fourth-order valence-corrected chi connectivity index (χ4v) is 1.41. The first kappa shape index (κ1) is 9.34. The van der Waals surface area contributed by atoms with Gasteiger partial charge in [0.25, 0.3) is 0 Å². The minimum absolute atomic E-state index is 0.378. The van der Waals surface area contributed by atoms with Crippen molar-refractivity contribution in [2.24, 2.45) is 0 Å². The number of aryl methyl sites for hydroxylation is 1. The molecule has 0 aliphatic rings. The molecular formula is C11H13Cl. The van der Waals surface area contributed by atoms with Crippen LogP contribution in [-0.4, -0.2) is 0 Å². The van der Waals surface area contributed by atoms with Crippen LogP contribution in [0, 0.1) is 6.92 Å². The molecular weight excluding hydrogens is 168 g/mol. The highest BCUT2D eigenvalue weighted by Gasteiger charge is 2.04. The Bertz CT molecular complexity index is 289. The molecule has 1 unspecified atom stereocenters. The summed E-state index contributed by atoms with van der Waals surface area (Å²) in [5, 5.41) is 0.796. The van der Waals surface area contributed by atoms with Crippen LogP contribution < -0.4 is 0 Å². The van der Waals surface area contributed by atoms with Crippen molar-refractivity contribution < 1.29 is 0 Å². The molecule has 1 rings (SSSR count). The van der Waals surface area contributed by atoms with Gasteiger partial charge in [0.15, 0.2) is 0 Å². The van der Waals surface area contributed by atoms with Crippen LogP contribution in [0.25, 0.3) is 0 Å². The highest BCUT2D eigenvalue weighted by molar-refractivity contribution is 6.30. The molecule has 64 valence electrons. The van der Waals surface area contributed by atoms with E-state index in [1.54, 1.807) is 0 Å². The Kier molecular flexibility index (Phi) is 2.93. The van der Waals surface area contributed by atoms with Crippen LogP contribution in [0.5, 0.6) is 0 Å². The van der Waals surface area contributed by atoms with Crippen molar-refractivity contribution in [3.63, 3.8) is 0 Å². The number of rotatable bonds is 2. The molecule has 1 atom stereocenters. The normalized spacial score (nSPS) is 12.6. The van der Waals surface area contributed by atoms with Crippen LogP contribution in [0.4, 0.5) is 0 Å². The zero-order valence-electron chi connectivity index (χ0n) is 7.47. The van der Waals surface area contributed by atoms with E-state index < -0.39 is 0 Å². The van der Waals surface area contributed by atoms with E-state index in [0.29, 0.717) is 5.92 Å². The molecule has 0 saturated carbocycles. The summed E-state index contributed by atoms with van der Waals surface area (Å²) in [7, 11) is 0. The highest BCUT2D eigenvalue weighted by atomic mass is 35.5. The third kappa shape index (κ3) is 1.89. The fraction of sp³-hybridized carbons (Fsp3) is 0.273. The molecule has 0 radical (unpaired) electrons. The lowest BCUT2D eigenvalue weighted by atomic mass is 9.97. The molecule has 0 spiro atoms. The second-order valence-corrected chi connectivity index (χ2v) is 3.46. The maximum atomic E-state index is 5.88. The van der Waals surface area contributed by atoms with Crippen molar-refractivity contribution in [1.29, 1.82) is 0 Å². The van der Waals surface area contributed by atoms with Crippen molar-refractivity contribution in [3.8, 4) is 0 Å². The second-order valence-electron chi connectivity index (χ2n) is 3.03. The number of allylic oxidation sites excluding steroid dienone is 1. The van der Waals surface area contributed by atoms with E-state index in [2.05, 4.69) is 20.4 Å². The Balaban J connectivity index is 3.12. The molecule has 0 heterocycles. The zero-order chi connectivity index (χ0) is 9.14. The van der Waals surface area contributed by atoms with Crippen molar-refractivity contribution in [3.05, 3.63) is 47.0 Å². The van der Waals surface area contributed by atoms with Crippen LogP contribution in [0.15, 0.2) is 30.9 Å². The van der Waals surface area contributed by atoms with Gasteiger partial charge >= 0.3 is 0 Å². The van der Waals surface area contributed by atoms with E-state index in [9.17, 15) is 0 Å². The highest BCUT2D eigenvalue weighted by Crippen LogP contribution is 2.23. The third-order valence-electron chi connectivity index (χ3n) is 2.09. The zero-order valence-corrected chi connectivity index (χ0v) is 8.23. The summed E-state index contributed by atoms with van der Waals surface area (Å²) < 4.78 is 0. The first-order chi connectivity index (χ1) is 5.65. The Morgan fingerprint density at radius 1 is 1.50 bits per heavy atom. The predicted molar refractivity (Wildman–Crippen MR) is 54.8 cm³/mol. The Hall–Kier alpha value is -0.750. The van der Waals surface area contributed by atoms with E-state index in [1.165, 1.54) is 11.1 Å². The third-order valence-corrected chi connectivity index (χ3v) is 2.32. The molecule has 1 heteroatoms. The fourth-order valence-electron chi connectivity index (χ4n) is 1.23. The first-order valence-electron chi connectivity index (χ1n) is 4.03. The summed E-state index contributed by atoms with van der Waals surface area (Å²) >= 11 is 5.88. The molecule has 0 N–H and O–H groups in total. The van der Waals surface area contributed by atoms with Gasteiger partial charge in [-0.1, -0.05) is 30.7 Å². The second kappa shape index (κ2) is 3.77. The average Bonchev–Trinajstić information content (AvgIpc) is 2.08. The Morgan fingerprint density at radius 2 is 2.17 bits per heavy atom. The number of hydrogen-bond donors (Lipinski definition) is 0. The van der Waals surface area contributed by atoms with E-state index in [-0.39, 0.29) is 0 Å². The molecule has 0 aliphatic carbocycles. The van der Waals surface area contributed by atoms with Crippen LogP contribution in [0.1, 0.15) is 24.0 Å². The van der Waals surface area contributed by atoms with Gasteiger partial charge in [0.2, 0.25) is 0 Å². The predicted octanol–water partition coefficient (Wildman–Crippen LogP) is 3.94. The molecule has 1 aromatic carbocycles.